The lowest BCUT2D eigenvalue weighted by atomic mass is 10.0. The number of aliphatic hydroxyl groups excluding tert-OH is 1. The zero-order valence-electron chi connectivity index (χ0n) is 23.9. The molecule has 0 radical (unpaired) electrons. The van der Waals surface area contributed by atoms with Crippen molar-refractivity contribution in [3.8, 4) is 0 Å². The molecule has 4 N–H and O–H groups in total. The van der Waals surface area contributed by atoms with Gasteiger partial charge in [0, 0.05) is 25.2 Å². The number of nitrogens with one attached hydrogen (secondary N) is 1. The van der Waals surface area contributed by atoms with Gasteiger partial charge in [0.25, 0.3) is 0 Å². The molecule has 0 saturated carbocycles. The van der Waals surface area contributed by atoms with E-state index in [0.29, 0.717) is 18.4 Å². The van der Waals surface area contributed by atoms with Gasteiger partial charge in [0.1, 0.15) is 17.7 Å². The highest BCUT2D eigenvalue weighted by molar-refractivity contribution is 7.91. The lowest BCUT2D eigenvalue weighted by molar-refractivity contribution is -0.135. The number of amides is 2. The number of nitrogens with zero attached hydrogens (tertiary/aromatic N) is 1. The fraction of sp³-hybridized carbons (Fsp3) is 0.500. The normalized spacial score (nSPS) is 13.1. The quantitative estimate of drug-likeness (QED) is 0.267. The number of benzene rings is 2. The standard InChI is InChI=1S/C28H39F2N3O6S.2ClH/c1-4-6-10-40(37,38)18-25(32-28(36)39-3)27(35)33(16-20-9-7-8-19(5-2)11-20)17-26(34)24(31)14-21-12-22(29)15-23(30)13-21;;/h7-9,11-13,15,24-26,34H,4-6,10,14,16-18,31H2,1-3H3,(H,32,36);2*1H/t24-,25+,26+;;/m0../s1. The number of hydrogen-bond acceptors (Lipinski definition) is 7. The highest BCUT2D eigenvalue weighted by Gasteiger charge is 2.33. The molecule has 0 aliphatic rings. The van der Waals surface area contributed by atoms with Crippen molar-refractivity contribution in [3.05, 3.63) is 70.8 Å². The molecule has 0 bridgehead atoms. The van der Waals surface area contributed by atoms with Gasteiger partial charge in [-0.2, -0.15) is 0 Å². The minimum Gasteiger partial charge on any atom is -0.453 e. The number of nitrogens with two attached hydrogens (primary N) is 1. The molecule has 0 aliphatic heterocycles. The molecule has 2 aromatic carbocycles. The van der Waals surface area contributed by atoms with Crippen molar-refractivity contribution in [2.45, 2.75) is 64.3 Å². The molecule has 0 unspecified atom stereocenters. The van der Waals surface area contributed by atoms with Crippen LogP contribution in [0.2, 0.25) is 0 Å². The average Bonchev–Trinajstić information content (AvgIpc) is 2.90. The summed E-state index contributed by atoms with van der Waals surface area (Å²) >= 11 is 0. The smallest absolute Gasteiger partial charge is 0.407 e. The largest absolute Gasteiger partial charge is 0.453 e. The second-order valence-electron chi connectivity index (χ2n) is 9.76. The molecule has 238 valence electrons. The van der Waals surface area contributed by atoms with Gasteiger partial charge >= 0.3 is 6.09 Å². The number of alkyl carbamates (subject to hydrolysis) is 1. The molecule has 0 aliphatic carbocycles. The number of methoxy groups -OCH3 is 1. The van der Waals surface area contributed by atoms with Gasteiger partial charge in [-0.3, -0.25) is 4.79 Å². The Kier molecular flexibility index (Phi) is 17.8. The summed E-state index contributed by atoms with van der Waals surface area (Å²) in [5.74, 6) is -3.14. The van der Waals surface area contributed by atoms with E-state index in [9.17, 15) is 31.9 Å². The Morgan fingerprint density at radius 2 is 1.67 bits per heavy atom. The summed E-state index contributed by atoms with van der Waals surface area (Å²) in [5.41, 5.74) is 8.10. The van der Waals surface area contributed by atoms with Crippen LogP contribution in [0.25, 0.3) is 0 Å². The van der Waals surface area contributed by atoms with Gasteiger partial charge in [-0.05, 0) is 48.1 Å². The summed E-state index contributed by atoms with van der Waals surface area (Å²) in [5, 5.41) is 13.3. The molecule has 0 saturated heterocycles. The van der Waals surface area contributed by atoms with Crippen LogP contribution >= 0.6 is 24.8 Å². The summed E-state index contributed by atoms with van der Waals surface area (Å²) in [6.07, 6.45) is -0.660. The van der Waals surface area contributed by atoms with E-state index in [0.717, 1.165) is 37.3 Å². The monoisotopic (exact) mass is 655 g/mol. The van der Waals surface area contributed by atoms with Gasteiger partial charge in [-0.15, -0.1) is 24.8 Å². The van der Waals surface area contributed by atoms with E-state index in [-0.39, 0.29) is 55.6 Å². The van der Waals surface area contributed by atoms with Crippen molar-refractivity contribution in [2.24, 2.45) is 5.73 Å². The number of ether oxygens (including phenoxy) is 1. The lowest BCUT2D eigenvalue weighted by Crippen LogP contribution is -2.54. The van der Waals surface area contributed by atoms with Crippen LogP contribution in [0, 0.1) is 11.6 Å². The minimum absolute atomic E-state index is 0. The zero-order chi connectivity index (χ0) is 29.9. The molecule has 0 spiro atoms. The highest BCUT2D eigenvalue weighted by atomic mass is 35.5. The van der Waals surface area contributed by atoms with E-state index in [1.165, 1.54) is 4.90 Å². The number of hydrogen-bond donors (Lipinski definition) is 3. The van der Waals surface area contributed by atoms with Gasteiger partial charge in [0.2, 0.25) is 5.91 Å². The van der Waals surface area contributed by atoms with Crippen LogP contribution in [0.15, 0.2) is 42.5 Å². The summed E-state index contributed by atoms with van der Waals surface area (Å²) in [7, 11) is -2.64. The topological polar surface area (TPSA) is 139 Å². The second-order valence-corrected chi connectivity index (χ2v) is 12.0. The first kappa shape index (κ1) is 39.5. The van der Waals surface area contributed by atoms with Crippen molar-refractivity contribution >= 4 is 46.7 Å². The Morgan fingerprint density at radius 1 is 1.05 bits per heavy atom. The maximum atomic E-state index is 13.8. The van der Waals surface area contributed by atoms with E-state index in [2.05, 4.69) is 10.1 Å². The third kappa shape index (κ3) is 13.2. The number of sulfone groups is 1. The maximum absolute atomic E-state index is 13.8. The van der Waals surface area contributed by atoms with Gasteiger partial charge < -0.3 is 25.8 Å². The molecule has 0 fully saturated rings. The van der Waals surface area contributed by atoms with Crippen LogP contribution in [-0.4, -0.2) is 73.8 Å². The number of halogens is 4. The zero-order valence-corrected chi connectivity index (χ0v) is 26.4. The summed E-state index contributed by atoms with van der Waals surface area (Å²) in [6, 6.07) is 7.82. The van der Waals surface area contributed by atoms with Gasteiger partial charge in [-0.1, -0.05) is 44.5 Å². The SMILES string of the molecule is CCCCS(=O)(=O)C[C@@H](NC(=O)OC)C(=O)N(Cc1cccc(CC)c1)C[C@@H](O)[C@@H](N)Cc1cc(F)cc(F)c1.Cl.Cl. The molecule has 9 nitrogen and oxygen atoms in total. The van der Waals surface area contributed by atoms with Crippen molar-refractivity contribution in [1.82, 2.24) is 10.2 Å². The number of carbonyl (C=O) groups excluding carboxylic acids is 2. The van der Waals surface area contributed by atoms with E-state index in [1.54, 1.807) is 6.07 Å². The van der Waals surface area contributed by atoms with Crippen molar-refractivity contribution < 1.29 is 36.6 Å². The Balaban J connectivity index is 0.00000840. The molecule has 0 aromatic heterocycles. The third-order valence-corrected chi connectivity index (χ3v) is 8.14. The maximum Gasteiger partial charge on any atom is 0.407 e. The first-order valence-corrected chi connectivity index (χ1v) is 15.0. The van der Waals surface area contributed by atoms with Crippen LogP contribution in [0.4, 0.5) is 13.6 Å². The number of unbranched alkanes of at least 4 members (excludes halogenated alkanes) is 1. The molecule has 2 aromatic rings. The molecule has 2 amide bonds. The fourth-order valence-electron chi connectivity index (χ4n) is 4.20. The van der Waals surface area contributed by atoms with E-state index < -0.39 is 57.4 Å². The van der Waals surface area contributed by atoms with Crippen molar-refractivity contribution in [1.29, 1.82) is 0 Å². The minimum atomic E-state index is -3.73. The van der Waals surface area contributed by atoms with Crippen LogP contribution in [0.3, 0.4) is 0 Å². The van der Waals surface area contributed by atoms with Crippen LogP contribution in [0.5, 0.6) is 0 Å². The molecule has 14 heteroatoms. The van der Waals surface area contributed by atoms with Gasteiger partial charge in [-0.25, -0.2) is 22.0 Å². The molecule has 3 atom stereocenters. The molecule has 0 heterocycles. The lowest BCUT2D eigenvalue weighted by Gasteiger charge is -2.31. The third-order valence-electron chi connectivity index (χ3n) is 6.39. The van der Waals surface area contributed by atoms with E-state index >= 15 is 0 Å². The Morgan fingerprint density at radius 3 is 2.24 bits per heavy atom. The Labute approximate surface area is 258 Å². The van der Waals surface area contributed by atoms with Crippen molar-refractivity contribution in [3.63, 3.8) is 0 Å². The molecule has 2 rings (SSSR count). The fourth-order valence-corrected chi connectivity index (χ4v) is 5.83. The van der Waals surface area contributed by atoms with Crippen LogP contribution in [0.1, 0.15) is 43.4 Å². The first-order valence-electron chi connectivity index (χ1n) is 13.2. The van der Waals surface area contributed by atoms with Crippen LogP contribution in [-0.2, 0) is 38.8 Å². The average molecular weight is 657 g/mol. The predicted octanol–water partition coefficient (Wildman–Crippen LogP) is 3.57. The second kappa shape index (κ2) is 18.9. The highest BCUT2D eigenvalue weighted by Crippen LogP contribution is 2.15. The summed E-state index contributed by atoms with van der Waals surface area (Å²) < 4.78 is 57.4. The molecule has 42 heavy (non-hydrogen) atoms. The predicted molar refractivity (Wildman–Crippen MR) is 163 cm³/mol. The van der Waals surface area contributed by atoms with Gasteiger partial charge in [0.05, 0.1) is 24.7 Å². The van der Waals surface area contributed by atoms with E-state index in [4.69, 9.17) is 5.73 Å². The number of rotatable bonds is 15. The summed E-state index contributed by atoms with van der Waals surface area (Å²) in [6.45, 7) is 3.46. The van der Waals surface area contributed by atoms with Crippen molar-refractivity contribution in [2.75, 3.05) is 25.2 Å². The molecular formula is C28H41Cl2F2N3O6S. The first-order chi connectivity index (χ1) is 18.9. The van der Waals surface area contributed by atoms with Gasteiger partial charge in [0.15, 0.2) is 9.84 Å². The summed E-state index contributed by atoms with van der Waals surface area (Å²) in [4.78, 5) is 27.0. The Hall–Kier alpha value is -2.51. The van der Waals surface area contributed by atoms with Crippen LogP contribution < -0.4 is 11.1 Å². The number of aliphatic hydroxyl groups is 1. The molecular weight excluding hydrogens is 615 g/mol. The number of aryl methyl sites for hydroxylation is 1. The van der Waals surface area contributed by atoms with E-state index in [1.807, 2.05) is 32.0 Å². The Bertz CT molecular complexity index is 1240. The number of carbonyl (C=O) groups is 2.